The SMILES string of the molecule is O=C1C2Cc3ccccc3CN2C(=O)N1c1ccc(C(F)(F)F)cc1. The molecule has 1 unspecified atom stereocenters. The van der Waals surface area contributed by atoms with Crippen molar-refractivity contribution in [3.05, 3.63) is 65.2 Å². The van der Waals surface area contributed by atoms with Gasteiger partial charge in [-0.2, -0.15) is 13.2 Å². The van der Waals surface area contributed by atoms with Crippen molar-refractivity contribution in [1.29, 1.82) is 0 Å². The van der Waals surface area contributed by atoms with E-state index in [0.29, 0.717) is 13.0 Å². The molecule has 128 valence electrons. The molecule has 1 saturated heterocycles. The molecule has 0 radical (unpaired) electrons. The summed E-state index contributed by atoms with van der Waals surface area (Å²) < 4.78 is 38.1. The van der Waals surface area contributed by atoms with Gasteiger partial charge < -0.3 is 4.90 Å². The number of carbonyl (C=O) groups excluding carboxylic acids is 2. The quantitative estimate of drug-likeness (QED) is 0.741. The second-order valence-electron chi connectivity index (χ2n) is 6.12. The van der Waals surface area contributed by atoms with E-state index in [2.05, 4.69) is 0 Å². The van der Waals surface area contributed by atoms with Gasteiger partial charge in [-0.15, -0.1) is 0 Å². The van der Waals surface area contributed by atoms with Crippen LogP contribution in [0.5, 0.6) is 0 Å². The van der Waals surface area contributed by atoms with Crippen molar-refractivity contribution in [3.63, 3.8) is 0 Å². The molecule has 2 aromatic carbocycles. The number of benzene rings is 2. The van der Waals surface area contributed by atoms with Gasteiger partial charge in [-0.25, -0.2) is 9.69 Å². The largest absolute Gasteiger partial charge is 0.416 e. The third kappa shape index (κ3) is 2.47. The first-order valence-corrected chi connectivity index (χ1v) is 7.75. The average Bonchev–Trinajstić information content (AvgIpc) is 2.83. The number of imide groups is 1. The number of anilines is 1. The first kappa shape index (κ1) is 15.7. The molecule has 2 heterocycles. The second kappa shape index (κ2) is 5.34. The fourth-order valence-electron chi connectivity index (χ4n) is 3.35. The fraction of sp³-hybridized carbons (Fsp3) is 0.222. The van der Waals surface area contributed by atoms with Crippen LogP contribution in [0.25, 0.3) is 0 Å². The summed E-state index contributed by atoms with van der Waals surface area (Å²) in [7, 11) is 0. The summed E-state index contributed by atoms with van der Waals surface area (Å²) in [5.74, 6) is -0.403. The minimum absolute atomic E-state index is 0.154. The molecule has 1 fully saturated rings. The van der Waals surface area contributed by atoms with Gasteiger partial charge in [0.15, 0.2) is 0 Å². The van der Waals surface area contributed by atoms with Crippen molar-refractivity contribution in [2.75, 3.05) is 4.90 Å². The summed E-state index contributed by atoms with van der Waals surface area (Å²) in [6.07, 6.45) is -4.05. The highest BCUT2D eigenvalue weighted by atomic mass is 19.4. The van der Waals surface area contributed by atoms with Gasteiger partial charge in [0.05, 0.1) is 11.3 Å². The van der Waals surface area contributed by atoms with Crippen LogP contribution in [0.1, 0.15) is 16.7 Å². The zero-order valence-electron chi connectivity index (χ0n) is 13.0. The van der Waals surface area contributed by atoms with Crippen LogP contribution in [0.15, 0.2) is 48.5 Å². The van der Waals surface area contributed by atoms with E-state index < -0.39 is 29.7 Å². The fourth-order valence-corrected chi connectivity index (χ4v) is 3.35. The summed E-state index contributed by atoms with van der Waals surface area (Å²) >= 11 is 0. The number of nitrogens with zero attached hydrogens (tertiary/aromatic N) is 2. The molecule has 25 heavy (non-hydrogen) atoms. The van der Waals surface area contributed by atoms with Gasteiger partial charge in [0, 0.05) is 13.0 Å². The molecule has 2 aliphatic rings. The normalized spacial score (nSPS) is 19.9. The summed E-state index contributed by atoms with van der Waals surface area (Å²) in [6.45, 7) is 0.322. The van der Waals surface area contributed by atoms with Crippen molar-refractivity contribution in [3.8, 4) is 0 Å². The Labute approximate surface area is 141 Å². The second-order valence-corrected chi connectivity index (χ2v) is 6.12. The summed E-state index contributed by atoms with van der Waals surface area (Å²) in [6, 6.07) is 10.5. The lowest BCUT2D eigenvalue weighted by atomic mass is 9.95. The van der Waals surface area contributed by atoms with Crippen molar-refractivity contribution < 1.29 is 22.8 Å². The standard InChI is InChI=1S/C18H13F3N2O2/c19-18(20,21)13-5-7-14(8-6-13)23-16(24)15-9-11-3-1-2-4-12(11)10-22(15)17(23)25/h1-8,15H,9-10H2. The van der Waals surface area contributed by atoms with Crippen molar-refractivity contribution >= 4 is 17.6 Å². The molecule has 7 heteroatoms. The molecule has 1 atom stereocenters. The smallest absolute Gasteiger partial charge is 0.307 e. The lowest BCUT2D eigenvalue weighted by Crippen LogP contribution is -2.39. The molecule has 0 aromatic heterocycles. The van der Waals surface area contributed by atoms with E-state index in [1.54, 1.807) is 0 Å². The Kier molecular flexibility index (Phi) is 3.35. The third-order valence-electron chi connectivity index (χ3n) is 4.64. The van der Waals surface area contributed by atoms with Crippen LogP contribution in [0.4, 0.5) is 23.7 Å². The summed E-state index contributed by atoms with van der Waals surface area (Å²) in [4.78, 5) is 27.8. The Morgan fingerprint density at radius 1 is 0.920 bits per heavy atom. The Hall–Kier alpha value is -2.83. The number of alkyl halides is 3. The van der Waals surface area contributed by atoms with Crippen molar-refractivity contribution in [2.45, 2.75) is 25.2 Å². The molecule has 0 aliphatic carbocycles. The lowest BCUT2D eigenvalue weighted by Gasteiger charge is -2.28. The van der Waals surface area contributed by atoms with Crippen LogP contribution in [-0.4, -0.2) is 22.9 Å². The van der Waals surface area contributed by atoms with E-state index in [-0.39, 0.29) is 5.69 Å². The van der Waals surface area contributed by atoms with Crippen LogP contribution >= 0.6 is 0 Å². The maximum atomic E-state index is 12.7. The molecule has 0 bridgehead atoms. The average molecular weight is 346 g/mol. The van der Waals surface area contributed by atoms with E-state index in [9.17, 15) is 22.8 Å². The molecule has 0 saturated carbocycles. The van der Waals surface area contributed by atoms with Gasteiger partial charge in [-0.1, -0.05) is 24.3 Å². The molecule has 2 aromatic rings. The molecule has 4 rings (SSSR count). The van der Waals surface area contributed by atoms with Gasteiger partial charge in [-0.3, -0.25) is 4.79 Å². The lowest BCUT2D eigenvalue weighted by molar-refractivity contribution is -0.137. The first-order chi connectivity index (χ1) is 11.9. The Bertz CT molecular complexity index is 818. The number of hydrogen-bond acceptors (Lipinski definition) is 2. The van der Waals surface area contributed by atoms with Gasteiger partial charge in [0.2, 0.25) is 0 Å². The maximum absolute atomic E-state index is 12.7. The van der Waals surface area contributed by atoms with Gasteiger partial charge in [0.25, 0.3) is 5.91 Å². The number of urea groups is 1. The zero-order valence-corrected chi connectivity index (χ0v) is 13.0. The van der Waals surface area contributed by atoms with Crippen LogP contribution in [0.3, 0.4) is 0 Å². The van der Waals surface area contributed by atoms with E-state index in [4.69, 9.17) is 0 Å². The highest BCUT2D eigenvalue weighted by molar-refractivity contribution is 6.21. The highest BCUT2D eigenvalue weighted by Gasteiger charge is 2.47. The van der Waals surface area contributed by atoms with Gasteiger partial charge in [0.1, 0.15) is 6.04 Å². The minimum Gasteiger partial charge on any atom is -0.307 e. The Morgan fingerprint density at radius 3 is 2.20 bits per heavy atom. The predicted molar refractivity (Wildman–Crippen MR) is 83.8 cm³/mol. The Morgan fingerprint density at radius 2 is 1.56 bits per heavy atom. The number of hydrogen-bond donors (Lipinski definition) is 0. The number of halogens is 3. The molecule has 0 N–H and O–H groups in total. The molecular weight excluding hydrogens is 333 g/mol. The van der Waals surface area contributed by atoms with Crippen LogP contribution < -0.4 is 4.90 Å². The van der Waals surface area contributed by atoms with Crippen LogP contribution in [-0.2, 0) is 23.9 Å². The molecular formula is C18H13F3N2O2. The Balaban J connectivity index is 1.65. The van der Waals surface area contributed by atoms with Crippen molar-refractivity contribution in [1.82, 2.24) is 4.90 Å². The maximum Gasteiger partial charge on any atom is 0.416 e. The van der Waals surface area contributed by atoms with Crippen molar-refractivity contribution in [2.24, 2.45) is 0 Å². The van der Waals surface area contributed by atoms with Crippen LogP contribution in [0, 0.1) is 0 Å². The van der Waals surface area contributed by atoms with E-state index >= 15 is 0 Å². The highest BCUT2D eigenvalue weighted by Crippen LogP contribution is 2.35. The third-order valence-corrected chi connectivity index (χ3v) is 4.64. The number of carbonyl (C=O) groups is 2. The zero-order chi connectivity index (χ0) is 17.8. The number of fused-ring (bicyclic) bond motifs is 2. The van der Waals surface area contributed by atoms with Crippen LogP contribution in [0.2, 0.25) is 0 Å². The van der Waals surface area contributed by atoms with E-state index in [1.807, 2.05) is 24.3 Å². The number of rotatable bonds is 1. The molecule has 4 nitrogen and oxygen atoms in total. The first-order valence-electron chi connectivity index (χ1n) is 7.75. The number of amides is 3. The molecule has 0 spiro atoms. The van der Waals surface area contributed by atoms with Gasteiger partial charge >= 0.3 is 12.2 Å². The van der Waals surface area contributed by atoms with E-state index in [0.717, 1.165) is 40.3 Å². The summed E-state index contributed by atoms with van der Waals surface area (Å²) in [5, 5.41) is 0. The molecule has 3 amide bonds. The summed E-state index contributed by atoms with van der Waals surface area (Å²) in [5.41, 5.74) is 1.33. The minimum atomic E-state index is -4.46. The molecule has 2 aliphatic heterocycles. The monoisotopic (exact) mass is 346 g/mol. The predicted octanol–water partition coefficient (Wildman–Crippen LogP) is 3.60. The topological polar surface area (TPSA) is 40.6 Å². The van der Waals surface area contributed by atoms with E-state index in [1.165, 1.54) is 4.90 Å². The van der Waals surface area contributed by atoms with Gasteiger partial charge in [-0.05, 0) is 35.4 Å².